The minimum absolute atomic E-state index is 0.335. The molecule has 0 saturated heterocycles. The van der Waals surface area contributed by atoms with Gasteiger partial charge in [0, 0.05) is 22.9 Å². The zero-order valence-electron chi connectivity index (χ0n) is 9.72. The maximum absolute atomic E-state index is 13.7. The van der Waals surface area contributed by atoms with Gasteiger partial charge in [-0.05, 0) is 37.1 Å². The average molecular weight is 233 g/mol. The number of anilines is 1. The molecular weight excluding hydrogens is 220 g/mol. The van der Waals surface area contributed by atoms with Crippen molar-refractivity contribution in [3.05, 3.63) is 53.1 Å². The van der Waals surface area contributed by atoms with Crippen LogP contribution in [0.15, 0.2) is 30.3 Å². The van der Waals surface area contributed by atoms with Gasteiger partial charge >= 0.3 is 0 Å². The molecule has 0 aliphatic rings. The Bertz CT molecular complexity index is 577. The van der Waals surface area contributed by atoms with E-state index in [1.807, 2.05) is 13.0 Å². The molecule has 0 bridgehead atoms. The normalized spacial score (nSPS) is 10.6. The summed E-state index contributed by atoms with van der Waals surface area (Å²) in [6.07, 6.45) is 0. The Hall–Kier alpha value is -1.90. The largest absolute Gasteiger partial charge is 0.398 e. The Morgan fingerprint density at radius 2 is 1.59 bits per heavy atom. The molecule has 2 rings (SSSR count). The van der Waals surface area contributed by atoms with Crippen molar-refractivity contribution < 1.29 is 8.78 Å². The van der Waals surface area contributed by atoms with Crippen LogP contribution in [0.2, 0.25) is 0 Å². The highest BCUT2D eigenvalue weighted by Gasteiger charge is 2.11. The number of nitrogen functional groups attached to an aromatic ring is 1. The van der Waals surface area contributed by atoms with Crippen molar-refractivity contribution >= 4 is 5.69 Å². The number of hydrogen-bond donors (Lipinski definition) is 1. The second kappa shape index (κ2) is 4.17. The topological polar surface area (TPSA) is 26.0 Å². The molecule has 0 aliphatic heterocycles. The summed E-state index contributed by atoms with van der Waals surface area (Å²) in [5.41, 5.74) is 8.68. The van der Waals surface area contributed by atoms with Gasteiger partial charge in [0.05, 0.1) is 0 Å². The molecule has 2 aromatic carbocycles. The van der Waals surface area contributed by atoms with Crippen molar-refractivity contribution in [2.24, 2.45) is 0 Å². The molecule has 88 valence electrons. The summed E-state index contributed by atoms with van der Waals surface area (Å²) >= 11 is 0. The van der Waals surface area contributed by atoms with Gasteiger partial charge in [-0.25, -0.2) is 8.78 Å². The number of nitrogens with two attached hydrogens (primary N) is 1. The lowest BCUT2D eigenvalue weighted by molar-refractivity contribution is 0.579. The van der Waals surface area contributed by atoms with E-state index in [0.717, 1.165) is 11.6 Å². The van der Waals surface area contributed by atoms with Crippen LogP contribution in [0, 0.1) is 25.5 Å². The Balaban J connectivity index is 2.64. The molecule has 2 aromatic rings. The van der Waals surface area contributed by atoms with E-state index in [9.17, 15) is 8.78 Å². The molecule has 17 heavy (non-hydrogen) atoms. The van der Waals surface area contributed by atoms with Crippen LogP contribution in [0.5, 0.6) is 0 Å². The summed E-state index contributed by atoms with van der Waals surface area (Å²) in [4.78, 5) is 0. The van der Waals surface area contributed by atoms with Gasteiger partial charge in [0.15, 0.2) is 0 Å². The number of benzene rings is 2. The summed E-state index contributed by atoms with van der Waals surface area (Å²) in [5, 5.41) is 0. The van der Waals surface area contributed by atoms with Gasteiger partial charge in [0.1, 0.15) is 11.6 Å². The Kier molecular flexibility index (Phi) is 2.84. The monoisotopic (exact) mass is 233 g/mol. The van der Waals surface area contributed by atoms with E-state index in [2.05, 4.69) is 0 Å². The van der Waals surface area contributed by atoms with E-state index < -0.39 is 11.6 Å². The highest BCUT2D eigenvalue weighted by atomic mass is 19.1. The second-order valence-corrected chi connectivity index (χ2v) is 4.17. The molecule has 0 radical (unpaired) electrons. The van der Waals surface area contributed by atoms with Crippen LogP contribution in [-0.4, -0.2) is 0 Å². The van der Waals surface area contributed by atoms with Crippen molar-refractivity contribution in [2.45, 2.75) is 13.8 Å². The maximum atomic E-state index is 13.7. The van der Waals surface area contributed by atoms with Crippen molar-refractivity contribution in [1.29, 1.82) is 0 Å². The highest BCUT2D eigenvalue weighted by Crippen LogP contribution is 2.30. The Morgan fingerprint density at radius 1 is 0.882 bits per heavy atom. The van der Waals surface area contributed by atoms with Crippen molar-refractivity contribution in [2.75, 3.05) is 5.73 Å². The molecule has 2 N–H and O–H groups in total. The zero-order chi connectivity index (χ0) is 12.6. The fraction of sp³-hybridized carbons (Fsp3) is 0.143. The predicted molar refractivity (Wildman–Crippen MR) is 65.7 cm³/mol. The Morgan fingerprint density at radius 3 is 2.24 bits per heavy atom. The summed E-state index contributed by atoms with van der Waals surface area (Å²) in [6, 6.07) is 7.74. The van der Waals surface area contributed by atoms with Crippen molar-refractivity contribution in [1.82, 2.24) is 0 Å². The molecule has 0 fully saturated rings. The van der Waals surface area contributed by atoms with Crippen molar-refractivity contribution in [3.8, 4) is 11.1 Å². The quantitative estimate of drug-likeness (QED) is 0.744. The molecule has 1 nitrogen and oxygen atoms in total. The molecule has 0 heterocycles. The number of halogens is 2. The van der Waals surface area contributed by atoms with E-state index in [1.165, 1.54) is 6.07 Å². The lowest BCUT2D eigenvalue weighted by Crippen LogP contribution is -1.95. The van der Waals surface area contributed by atoms with Gasteiger partial charge < -0.3 is 5.73 Å². The smallest absolute Gasteiger partial charge is 0.134 e. The molecule has 0 spiro atoms. The molecule has 0 amide bonds. The lowest BCUT2D eigenvalue weighted by Gasteiger charge is -2.09. The van der Waals surface area contributed by atoms with E-state index >= 15 is 0 Å². The number of aryl methyl sites for hydroxylation is 2. The minimum atomic E-state index is -0.594. The van der Waals surface area contributed by atoms with E-state index in [4.69, 9.17) is 5.73 Å². The predicted octanol–water partition coefficient (Wildman–Crippen LogP) is 3.83. The number of rotatable bonds is 1. The highest BCUT2D eigenvalue weighted by molar-refractivity contribution is 5.77. The lowest BCUT2D eigenvalue weighted by atomic mass is 9.99. The third kappa shape index (κ3) is 2.13. The maximum Gasteiger partial charge on any atom is 0.134 e. The molecule has 0 aliphatic carbocycles. The zero-order valence-corrected chi connectivity index (χ0v) is 9.72. The van der Waals surface area contributed by atoms with Gasteiger partial charge in [0.2, 0.25) is 0 Å². The summed E-state index contributed by atoms with van der Waals surface area (Å²) < 4.78 is 26.9. The van der Waals surface area contributed by atoms with Gasteiger partial charge in [-0.2, -0.15) is 0 Å². The second-order valence-electron chi connectivity index (χ2n) is 4.17. The standard InChI is InChI=1S/C14H13F2N/c1-8-3-4-10(14(17)5-8)11-6-9(2)12(15)7-13(11)16/h3-7H,17H2,1-2H3. The summed E-state index contributed by atoms with van der Waals surface area (Å²) in [5.74, 6) is -1.14. The van der Waals surface area contributed by atoms with Gasteiger partial charge in [-0.15, -0.1) is 0 Å². The molecule has 3 heteroatoms. The molecule has 0 aromatic heterocycles. The van der Waals surface area contributed by atoms with E-state index in [0.29, 0.717) is 22.4 Å². The van der Waals surface area contributed by atoms with Crippen LogP contribution in [0.4, 0.5) is 14.5 Å². The first kappa shape index (κ1) is 11.6. The van der Waals surface area contributed by atoms with Crippen LogP contribution in [0.1, 0.15) is 11.1 Å². The fourth-order valence-corrected chi connectivity index (χ4v) is 1.79. The summed E-state index contributed by atoms with van der Waals surface area (Å²) in [7, 11) is 0. The Labute approximate surface area is 98.9 Å². The minimum Gasteiger partial charge on any atom is -0.398 e. The molecule has 0 unspecified atom stereocenters. The van der Waals surface area contributed by atoms with Crippen LogP contribution in [0.3, 0.4) is 0 Å². The van der Waals surface area contributed by atoms with Gasteiger partial charge in [-0.1, -0.05) is 12.1 Å². The van der Waals surface area contributed by atoms with Crippen molar-refractivity contribution in [3.63, 3.8) is 0 Å². The first-order valence-corrected chi connectivity index (χ1v) is 5.31. The van der Waals surface area contributed by atoms with Crippen LogP contribution in [0.25, 0.3) is 11.1 Å². The van der Waals surface area contributed by atoms with Crippen LogP contribution < -0.4 is 5.73 Å². The third-order valence-corrected chi connectivity index (χ3v) is 2.75. The molecule has 0 atom stereocenters. The van der Waals surface area contributed by atoms with E-state index in [-0.39, 0.29) is 0 Å². The van der Waals surface area contributed by atoms with Gasteiger partial charge in [0.25, 0.3) is 0 Å². The fourth-order valence-electron chi connectivity index (χ4n) is 1.79. The SMILES string of the molecule is Cc1ccc(-c2cc(C)c(F)cc2F)c(N)c1. The molecular formula is C14H13F2N. The number of hydrogen-bond acceptors (Lipinski definition) is 1. The summed E-state index contributed by atoms with van der Waals surface area (Å²) in [6.45, 7) is 3.51. The first-order valence-electron chi connectivity index (χ1n) is 5.31. The first-order chi connectivity index (χ1) is 7.99. The third-order valence-electron chi connectivity index (χ3n) is 2.75. The average Bonchev–Trinajstić information content (AvgIpc) is 2.24. The van der Waals surface area contributed by atoms with Crippen LogP contribution >= 0.6 is 0 Å². The van der Waals surface area contributed by atoms with Gasteiger partial charge in [-0.3, -0.25) is 0 Å². The van der Waals surface area contributed by atoms with Crippen LogP contribution in [-0.2, 0) is 0 Å². The molecule has 0 saturated carbocycles. The van der Waals surface area contributed by atoms with E-state index in [1.54, 1.807) is 19.1 Å².